The molecule has 27 heavy (non-hydrogen) atoms. The number of carbonyl (C=O) groups is 2. The quantitative estimate of drug-likeness (QED) is 0.865. The first-order valence-corrected chi connectivity index (χ1v) is 9.58. The van der Waals surface area contributed by atoms with Crippen molar-refractivity contribution in [3.8, 4) is 0 Å². The molecule has 0 radical (unpaired) electrons. The van der Waals surface area contributed by atoms with E-state index in [0.29, 0.717) is 19.4 Å². The van der Waals surface area contributed by atoms with Gasteiger partial charge in [-0.3, -0.25) is 9.69 Å². The first-order chi connectivity index (χ1) is 13.1. The number of carbonyl (C=O) groups excluding carboxylic acids is 1. The molecule has 5 nitrogen and oxygen atoms in total. The van der Waals surface area contributed by atoms with E-state index in [2.05, 4.69) is 23.5 Å². The van der Waals surface area contributed by atoms with Crippen LogP contribution in [0.1, 0.15) is 42.7 Å². The average Bonchev–Trinajstić information content (AvgIpc) is 3.09. The average molecular weight is 364 g/mol. The van der Waals surface area contributed by atoms with Gasteiger partial charge in [0.05, 0.1) is 5.92 Å². The van der Waals surface area contributed by atoms with Gasteiger partial charge in [0.2, 0.25) is 0 Å². The number of amides is 2. The highest BCUT2D eigenvalue weighted by Gasteiger charge is 2.34. The van der Waals surface area contributed by atoms with Crippen LogP contribution in [0.15, 0.2) is 54.6 Å². The minimum atomic E-state index is -0.723. The van der Waals surface area contributed by atoms with Gasteiger partial charge in [-0.25, -0.2) is 4.79 Å². The zero-order valence-electron chi connectivity index (χ0n) is 15.2. The maximum Gasteiger partial charge on any atom is 0.322 e. The molecule has 0 saturated heterocycles. The third-order valence-corrected chi connectivity index (χ3v) is 5.82. The first kappa shape index (κ1) is 17.6. The SMILES string of the molecule is O=C(O)C1CCC(NC(=O)N2CC(c3ccccc3)c3ccccc32)CC1. The summed E-state index contributed by atoms with van der Waals surface area (Å²) in [5, 5.41) is 12.3. The van der Waals surface area contributed by atoms with Gasteiger partial charge in [-0.05, 0) is 42.9 Å². The van der Waals surface area contributed by atoms with E-state index in [1.165, 1.54) is 11.1 Å². The van der Waals surface area contributed by atoms with E-state index in [9.17, 15) is 9.59 Å². The molecule has 2 aromatic rings. The first-order valence-electron chi connectivity index (χ1n) is 9.58. The summed E-state index contributed by atoms with van der Waals surface area (Å²) in [4.78, 5) is 25.9. The predicted molar refractivity (Wildman–Crippen MR) is 104 cm³/mol. The molecule has 1 unspecified atom stereocenters. The molecule has 2 N–H and O–H groups in total. The summed E-state index contributed by atoms with van der Waals surface area (Å²) in [6.45, 7) is 0.625. The van der Waals surface area contributed by atoms with E-state index in [1.807, 2.05) is 41.3 Å². The van der Waals surface area contributed by atoms with Crippen LogP contribution in [0.4, 0.5) is 10.5 Å². The van der Waals surface area contributed by atoms with Crippen LogP contribution in [0.2, 0.25) is 0 Å². The highest BCUT2D eigenvalue weighted by molar-refractivity contribution is 5.95. The van der Waals surface area contributed by atoms with Crippen molar-refractivity contribution in [3.05, 3.63) is 65.7 Å². The number of anilines is 1. The minimum Gasteiger partial charge on any atom is -0.481 e. The van der Waals surface area contributed by atoms with Crippen molar-refractivity contribution in [2.24, 2.45) is 5.92 Å². The van der Waals surface area contributed by atoms with Crippen LogP contribution in [-0.4, -0.2) is 29.7 Å². The topological polar surface area (TPSA) is 69.6 Å². The standard InChI is InChI=1S/C22H24N2O3/c25-21(26)16-10-12-17(13-11-16)23-22(27)24-14-19(15-6-2-1-3-7-15)18-8-4-5-9-20(18)24/h1-9,16-17,19H,10-14H2,(H,23,27)(H,25,26). The summed E-state index contributed by atoms with van der Waals surface area (Å²) in [7, 11) is 0. The van der Waals surface area contributed by atoms with Crippen LogP contribution < -0.4 is 10.2 Å². The largest absolute Gasteiger partial charge is 0.481 e. The second-order valence-corrected chi connectivity index (χ2v) is 7.47. The maximum atomic E-state index is 13.0. The Morgan fingerprint density at radius 1 is 0.926 bits per heavy atom. The molecule has 2 aromatic carbocycles. The normalized spacial score (nSPS) is 24.3. The highest BCUT2D eigenvalue weighted by atomic mass is 16.4. The van der Waals surface area contributed by atoms with Crippen LogP contribution in [0.5, 0.6) is 0 Å². The third kappa shape index (κ3) is 3.54. The molecule has 1 fully saturated rings. The van der Waals surface area contributed by atoms with E-state index in [0.717, 1.165) is 18.5 Å². The number of aliphatic carboxylic acids is 1. The van der Waals surface area contributed by atoms with Crippen LogP contribution >= 0.6 is 0 Å². The van der Waals surface area contributed by atoms with Crippen molar-refractivity contribution >= 4 is 17.7 Å². The summed E-state index contributed by atoms with van der Waals surface area (Å²) in [6.07, 6.45) is 2.70. The Balaban J connectivity index is 1.48. The van der Waals surface area contributed by atoms with Crippen molar-refractivity contribution in [2.45, 2.75) is 37.6 Å². The van der Waals surface area contributed by atoms with Gasteiger partial charge in [0.15, 0.2) is 0 Å². The van der Waals surface area contributed by atoms with Gasteiger partial charge in [-0.1, -0.05) is 48.5 Å². The lowest BCUT2D eigenvalue weighted by Gasteiger charge is -2.29. The number of benzene rings is 2. The van der Waals surface area contributed by atoms with Gasteiger partial charge < -0.3 is 10.4 Å². The van der Waals surface area contributed by atoms with Crippen molar-refractivity contribution in [2.75, 3.05) is 11.4 Å². The molecular formula is C22H24N2O3. The molecule has 0 spiro atoms. The Bertz CT molecular complexity index is 828. The Labute approximate surface area is 159 Å². The summed E-state index contributed by atoms with van der Waals surface area (Å²) in [5.74, 6) is -0.817. The second-order valence-electron chi connectivity index (χ2n) is 7.47. The van der Waals surface area contributed by atoms with Gasteiger partial charge in [0, 0.05) is 24.2 Å². The van der Waals surface area contributed by atoms with Gasteiger partial charge in [0.1, 0.15) is 0 Å². The summed E-state index contributed by atoms with van der Waals surface area (Å²) < 4.78 is 0. The third-order valence-electron chi connectivity index (χ3n) is 5.82. The monoisotopic (exact) mass is 364 g/mol. The van der Waals surface area contributed by atoms with E-state index >= 15 is 0 Å². The number of nitrogens with zero attached hydrogens (tertiary/aromatic N) is 1. The number of carboxylic acid groups (broad SMARTS) is 1. The number of hydrogen-bond donors (Lipinski definition) is 2. The van der Waals surface area contributed by atoms with E-state index in [1.54, 1.807) is 0 Å². The summed E-state index contributed by atoms with van der Waals surface area (Å²) in [5.41, 5.74) is 3.35. The van der Waals surface area contributed by atoms with Crippen LogP contribution in [-0.2, 0) is 4.79 Å². The van der Waals surface area contributed by atoms with Gasteiger partial charge in [-0.2, -0.15) is 0 Å². The van der Waals surface area contributed by atoms with E-state index < -0.39 is 5.97 Å². The molecule has 140 valence electrons. The Kier molecular flexibility index (Phi) is 4.84. The predicted octanol–water partition coefficient (Wildman–Crippen LogP) is 3.99. The fourth-order valence-electron chi connectivity index (χ4n) is 4.31. The number of carboxylic acids is 1. The fourth-order valence-corrected chi connectivity index (χ4v) is 4.31. The van der Waals surface area contributed by atoms with Gasteiger partial charge in [0.25, 0.3) is 0 Å². The van der Waals surface area contributed by atoms with Crippen LogP contribution in [0.3, 0.4) is 0 Å². The van der Waals surface area contributed by atoms with Crippen LogP contribution in [0, 0.1) is 5.92 Å². The molecular weight excluding hydrogens is 340 g/mol. The van der Waals surface area contributed by atoms with Crippen molar-refractivity contribution in [1.82, 2.24) is 5.32 Å². The van der Waals surface area contributed by atoms with Crippen molar-refractivity contribution < 1.29 is 14.7 Å². The lowest BCUT2D eigenvalue weighted by atomic mass is 9.86. The number of para-hydroxylation sites is 1. The Hall–Kier alpha value is -2.82. The molecule has 0 aromatic heterocycles. The highest BCUT2D eigenvalue weighted by Crippen LogP contribution is 2.40. The zero-order valence-corrected chi connectivity index (χ0v) is 15.2. The molecule has 0 bridgehead atoms. The smallest absolute Gasteiger partial charge is 0.322 e. The van der Waals surface area contributed by atoms with E-state index in [4.69, 9.17) is 5.11 Å². The second kappa shape index (κ2) is 7.43. The maximum absolute atomic E-state index is 13.0. The van der Waals surface area contributed by atoms with Gasteiger partial charge >= 0.3 is 12.0 Å². The molecule has 1 saturated carbocycles. The Morgan fingerprint density at radius 3 is 2.30 bits per heavy atom. The summed E-state index contributed by atoms with van der Waals surface area (Å²) >= 11 is 0. The Morgan fingerprint density at radius 2 is 1.59 bits per heavy atom. The minimum absolute atomic E-state index is 0.0519. The lowest BCUT2D eigenvalue weighted by molar-refractivity contribution is -0.142. The number of urea groups is 1. The molecule has 1 heterocycles. The lowest BCUT2D eigenvalue weighted by Crippen LogP contribution is -2.46. The molecule has 1 aliphatic heterocycles. The molecule has 5 heteroatoms. The van der Waals surface area contributed by atoms with Gasteiger partial charge in [-0.15, -0.1) is 0 Å². The van der Waals surface area contributed by atoms with Crippen molar-refractivity contribution in [1.29, 1.82) is 0 Å². The zero-order chi connectivity index (χ0) is 18.8. The van der Waals surface area contributed by atoms with E-state index in [-0.39, 0.29) is 23.9 Å². The van der Waals surface area contributed by atoms with Crippen LogP contribution in [0.25, 0.3) is 0 Å². The molecule has 2 amide bonds. The fraction of sp³-hybridized carbons (Fsp3) is 0.364. The molecule has 1 aliphatic carbocycles. The number of nitrogens with one attached hydrogen (secondary N) is 1. The summed E-state index contributed by atoms with van der Waals surface area (Å²) in [6, 6.07) is 18.3. The molecule has 2 aliphatic rings. The number of rotatable bonds is 3. The molecule has 4 rings (SSSR count). The van der Waals surface area contributed by atoms with Crippen molar-refractivity contribution in [3.63, 3.8) is 0 Å². The number of hydrogen-bond acceptors (Lipinski definition) is 2. The number of fused-ring (bicyclic) bond motifs is 1. The molecule has 1 atom stereocenters.